The smallest absolute Gasteiger partial charge is 0.257 e. The van der Waals surface area contributed by atoms with E-state index in [9.17, 15) is 9.90 Å². The number of rotatable bonds is 2. The van der Waals surface area contributed by atoms with E-state index in [0.717, 1.165) is 11.8 Å². The molecule has 1 amide bonds. The molecule has 4 rings (SSSR count). The van der Waals surface area contributed by atoms with Crippen molar-refractivity contribution in [3.05, 3.63) is 71.9 Å². The van der Waals surface area contributed by atoms with Gasteiger partial charge in [-0.1, -0.05) is 42.5 Å². The molecule has 1 atom stereocenters. The number of pyridine rings is 1. The minimum absolute atomic E-state index is 0.0266. The molecule has 1 saturated heterocycles. The summed E-state index contributed by atoms with van der Waals surface area (Å²) in [6.45, 7) is 1.39. The van der Waals surface area contributed by atoms with Crippen molar-refractivity contribution in [2.45, 2.75) is 12.3 Å². The molecular weight excluding hydrogens is 300 g/mol. The Morgan fingerprint density at radius 3 is 2.75 bits per heavy atom. The second kappa shape index (κ2) is 5.96. The number of phenolic OH excluding ortho intramolecular Hbond substituents is 1. The van der Waals surface area contributed by atoms with E-state index >= 15 is 0 Å². The van der Waals surface area contributed by atoms with Gasteiger partial charge in [-0.3, -0.25) is 9.78 Å². The summed E-state index contributed by atoms with van der Waals surface area (Å²) >= 11 is 0. The number of phenols is 1. The molecule has 0 saturated carbocycles. The molecule has 0 bridgehead atoms. The van der Waals surface area contributed by atoms with E-state index in [4.69, 9.17) is 0 Å². The van der Waals surface area contributed by atoms with E-state index in [-0.39, 0.29) is 11.7 Å². The van der Waals surface area contributed by atoms with E-state index in [1.165, 1.54) is 5.56 Å². The zero-order valence-electron chi connectivity index (χ0n) is 13.2. The molecule has 1 N–H and O–H groups in total. The van der Waals surface area contributed by atoms with Crippen LogP contribution in [0.2, 0.25) is 0 Å². The Labute approximate surface area is 140 Å². The molecule has 0 aliphatic carbocycles. The predicted octanol–water partition coefficient (Wildman–Crippen LogP) is 3.57. The van der Waals surface area contributed by atoms with Crippen LogP contribution in [0.1, 0.15) is 28.3 Å². The van der Waals surface area contributed by atoms with Gasteiger partial charge in [0.2, 0.25) is 0 Å². The van der Waals surface area contributed by atoms with Gasteiger partial charge in [-0.25, -0.2) is 0 Å². The fourth-order valence-electron chi connectivity index (χ4n) is 3.41. The van der Waals surface area contributed by atoms with Crippen LogP contribution in [-0.2, 0) is 0 Å². The molecule has 4 heteroatoms. The van der Waals surface area contributed by atoms with Crippen molar-refractivity contribution >= 4 is 16.8 Å². The van der Waals surface area contributed by atoms with Gasteiger partial charge in [0.15, 0.2) is 5.75 Å². The second-order valence-electron chi connectivity index (χ2n) is 6.18. The standard InChI is InChI=1S/C20H18N2O2/c23-19-17(9-8-15-7-4-11-21-18(15)19)20(24)22-12-10-16(13-22)14-5-2-1-3-6-14/h1-9,11,16,23H,10,12-13H2. The number of aromatic hydroxyl groups is 1. The quantitative estimate of drug-likeness (QED) is 0.786. The molecule has 0 radical (unpaired) electrons. The maximum absolute atomic E-state index is 12.8. The fraction of sp³-hybridized carbons (Fsp3) is 0.200. The van der Waals surface area contributed by atoms with Gasteiger partial charge in [0, 0.05) is 30.6 Å². The summed E-state index contributed by atoms with van der Waals surface area (Å²) in [7, 11) is 0. The molecule has 1 fully saturated rings. The van der Waals surface area contributed by atoms with Gasteiger partial charge in [-0.2, -0.15) is 0 Å². The van der Waals surface area contributed by atoms with Crippen LogP contribution in [0.15, 0.2) is 60.8 Å². The normalized spacial score (nSPS) is 17.3. The lowest BCUT2D eigenvalue weighted by atomic mass is 9.99. The molecule has 24 heavy (non-hydrogen) atoms. The lowest BCUT2D eigenvalue weighted by Gasteiger charge is -2.18. The highest BCUT2D eigenvalue weighted by Crippen LogP contribution is 2.32. The second-order valence-corrected chi connectivity index (χ2v) is 6.18. The lowest BCUT2D eigenvalue weighted by molar-refractivity contribution is 0.0788. The Balaban J connectivity index is 1.60. The van der Waals surface area contributed by atoms with Crippen molar-refractivity contribution in [3.63, 3.8) is 0 Å². The highest BCUT2D eigenvalue weighted by Gasteiger charge is 2.29. The number of likely N-dealkylation sites (tertiary alicyclic amines) is 1. The summed E-state index contributed by atoms with van der Waals surface area (Å²) in [5.41, 5.74) is 2.06. The van der Waals surface area contributed by atoms with Crippen molar-refractivity contribution in [1.29, 1.82) is 0 Å². The van der Waals surface area contributed by atoms with Gasteiger partial charge in [0.1, 0.15) is 5.52 Å². The number of hydrogen-bond acceptors (Lipinski definition) is 3. The van der Waals surface area contributed by atoms with Crippen molar-refractivity contribution in [2.75, 3.05) is 13.1 Å². The largest absolute Gasteiger partial charge is 0.505 e. The number of carbonyl (C=O) groups excluding carboxylic acids is 1. The summed E-state index contributed by atoms with van der Waals surface area (Å²) in [6, 6.07) is 17.5. The Hall–Kier alpha value is -2.88. The van der Waals surface area contributed by atoms with Crippen LogP contribution in [0.3, 0.4) is 0 Å². The third kappa shape index (κ3) is 2.50. The van der Waals surface area contributed by atoms with Crippen molar-refractivity contribution in [2.24, 2.45) is 0 Å². The summed E-state index contributed by atoms with van der Waals surface area (Å²) in [4.78, 5) is 18.8. The molecule has 1 aliphatic rings. The van der Waals surface area contributed by atoms with Crippen LogP contribution >= 0.6 is 0 Å². The van der Waals surface area contributed by atoms with Gasteiger partial charge >= 0.3 is 0 Å². The average molecular weight is 318 g/mol. The first-order valence-electron chi connectivity index (χ1n) is 8.15. The van der Waals surface area contributed by atoms with E-state index in [2.05, 4.69) is 17.1 Å². The van der Waals surface area contributed by atoms with Crippen molar-refractivity contribution in [3.8, 4) is 5.75 Å². The Morgan fingerprint density at radius 1 is 1.08 bits per heavy atom. The van der Waals surface area contributed by atoms with Crippen molar-refractivity contribution in [1.82, 2.24) is 9.88 Å². The summed E-state index contributed by atoms with van der Waals surface area (Å²) in [5, 5.41) is 11.3. The molecule has 2 aromatic carbocycles. The molecule has 1 aromatic heterocycles. The molecular formula is C20H18N2O2. The first-order valence-corrected chi connectivity index (χ1v) is 8.15. The maximum Gasteiger partial charge on any atom is 0.257 e. The molecule has 4 nitrogen and oxygen atoms in total. The van der Waals surface area contributed by atoms with Crippen LogP contribution in [0.4, 0.5) is 0 Å². The Kier molecular flexibility index (Phi) is 3.65. The minimum Gasteiger partial charge on any atom is -0.505 e. The van der Waals surface area contributed by atoms with Crippen molar-refractivity contribution < 1.29 is 9.90 Å². The van der Waals surface area contributed by atoms with Crippen LogP contribution < -0.4 is 0 Å². The number of hydrogen-bond donors (Lipinski definition) is 1. The van der Waals surface area contributed by atoms with Gasteiger partial charge in [0.25, 0.3) is 5.91 Å². The number of nitrogens with zero attached hydrogens (tertiary/aromatic N) is 2. The van der Waals surface area contributed by atoms with Gasteiger partial charge in [-0.05, 0) is 24.1 Å². The number of carbonyl (C=O) groups is 1. The van der Waals surface area contributed by atoms with E-state index in [0.29, 0.717) is 30.1 Å². The van der Waals surface area contributed by atoms with Crippen LogP contribution in [0.25, 0.3) is 10.9 Å². The Morgan fingerprint density at radius 2 is 1.92 bits per heavy atom. The zero-order valence-corrected chi connectivity index (χ0v) is 13.2. The van der Waals surface area contributed by atoms with E-state index in [1.54, 1.807) is 12.3 Å². The molecule has 2 heterocycles. The third-order valence-corrected chi connectivity index (χ3v) is 4.72. The summed E-state index contributed by atoms with van der Waals surface area (Å²) < 4.78 is 0. The van der Waals surface area contributed by atoms with Crippen LogP contribution in [0, 0.1) is 0 Å². The molecule has 1 unspecified atom stereocenters. The average Bonchev–Trinajstić information content (AvgIpc) is 3.13. The SMILES string of the molecule is O=C(c1ccc2cccnc2c1O)N1CCC(c2ccccc2)C1. The number of benzene rings is 2. The third-order valence-electron chi connectivity index (χ3n) is 4.72. The summed E-state index contributed by atoms with van der Waals surface area (Å²) in [6.07, 6.45) is 2.57. The minimum atomic E-state index is -0.126. The first kappa shape index (κ1) is 14.7. The summed E-state index contributed by atoms with van der Waals surface area (Å²) in [5.74, 6) is 0.204. The van der Waals surface area contributed by atoms with Gasteiger partial charge in [-0.15, -0.1) is 0 Å². The number of aromatic nitrogens is 1. The van der Waals surface area contributed by atoms with Gasteiger partial charge in [0.05, 0.1) is 5.56 Å². The highest BCUT2D eigenvalue weighted by molar-refractivity contribution is 6.02. The number of fused-ring (bicyclic) bond motifs is 1. The maximum atomic E-state index is 12.8. The molecule has 120 valence electrons. The Bertz CT molecular complexity index is 893. The monoisotopic (exact) mass is 318 g/mol. The highest BCUT2D eigenvalue weighted by atomic mass is 16.3. The lowest BCUT2D eigenvalue weighted by Crippen LogP contribution is -2.28. The molecule has 1 aliphatic heterocycles. The van der Waals surface area contributed by atoms with E-state index < -0.39 is 0 Å². The molecule has 3 aromatic rings. The fourth-order valence-corrected chi connectivity index (χ4v) is 3.41. The first-order chi connectivity index (χ1) is 11.7. The zero-order chi connectivity index (χ0) is 16.5. The van der Waals surface area contributed by atoms with Crippen LogP contribution in [0.5, 0.6) is 5.75 Å². The van der Waals surface area contributed by atoms with Gasteiger partial charge < -0.3 is 10.0 Å². The van der Waals surface area contributed by atoms with Crippen LogP contribution in [-0.4, -0.2) is 34.0 Å². The topological polar surface area (TPSA) is 53.4 Å². The number of amides is 1. The predicted molar refractivity (Wildman–Crippen MR) is 93.1 cm³/mol. The molecule has 0 spiro atoms. The van der Waals surface area contributed by atoms with E-state index in [1.807, 2.05) is 41.3 Å².